The van der Waals surface area contributed by atoms with Crippen molar-refractivity contribution in [3.63, 3.8) is 0 Å². The van der Waals surface area contributed by atoms with E-state index in [4.69, 9.17) is 5.73 Å². The third kappa shape index (κ3) is 5.07. The van der Waals surface area contributed by atoms with E-state index in [1.165, 1.54) is 0 Å². The molecule has 0 saturated carbocycles. The van der Waals surface area contributed by atoms with Gasteiger partial charge in [0.05, 0.1) is 6.54 Å². The molecule has 0 aliphatic heterocycles. The van der Waals surface area contributed by atoms with Gasteiger partial charge in [0.2, 0.25) is 0 Å². The van der Waals surface area contributed by atoms with Gasteiger partial charge in [-0.3, -0.25) is 0 Å². The maximum atomic E-state index is 5.75. The molecule has 0 bridgehead atoms. The van der Waals surface area contributed by atoms with E-state index in [0.717, 1.165) is 16.4 Å². The van der Waals surface area contributed by atoms with Gasteiger partial charge in [-0.05, 0) is 18.6 Å². The molecule has 2 rings (SSSR count). The van der Waals surface area contributed by atoms with Crippen molar-refractivity contribution in [1.29, 1.82) is 0 Å². The van der Waals surface area contributed by atoms with E-state index >= 15 is 0 Å². The molecule has 0 aliphatic rings. The number of aliphatic imine (C=N–C) groups is 1. The molecule has 0 radical (unpaired) electrons. The first-order valence-corrected chi connectivity index (χ1v) is 6.39. The van der Waals surface area contributed by atoms with Crippen molar-refractivity contribution in [2.45, 2.75) is 19.9 Å². The molecule has 0 unspecified atom stereocenters. The second-order valence-electron chi connectivity index (χ2n) is 3.48. The highest BCUT2D eigenvalue weighted by molar-refractivity contribution is 14.0. The van der Waals surface area contributed by atoms with Crippen LogP contribution in [0.2, 0.25) is 0 Å². The van der Waals surface area contributed by atoms with E-state index in [1.807, 2.05) is 25.1 Å². The maximum absolute atomic E-state index is 5.75. The van der Waals surface area contributed by atoms with Crippen LogP contribution in [0.4, 0.5) is 5.82 Å². The van der Waals surface area contributed by atoms with Crippen LogP contribution in [0.5, 0.6) is 0 Å². The van der Waals surface area contributed by atoms with Crippen LogP contribution < -0.4 is 11.1 Å². The smallest absolute Gasteiger partial charge is 0.194 e. The fraction of sp³-hybridized carbons (Fsp3) is 0.273. The average Bonchev–Trinajstić information content (AvgIpc) is 2.85. The fourth-order valence-corrected chi connectivity index (χ4v) is 1.96. The van der Waals surface area contributed by atoms with Gasteiger partial charge < -0.3 is 11.1 Å². The lowest BCUT2D eigenvalue weighted by atomic mass is 10.5. The number of hydrogen-bond acceptors (Lipinski definition) is 5. The zero-order chi connectivity index (χ0) is 12.8. The van der Waals surface area contributed by atoms with Gasteiger partial charge in [-0.25, -0.2) is 9.98 Å². The highest BCUT2D eigenvalue weighted by Gasteiger charge is 2.01. The Bertz CT molecular complexity index is 527. The molecule has 0 aromatic carbocycles. The van der Waals surface area contributed by atoms with Crippen molar-refractivity contribution in [2.75, 3.05) is 5.32 Å². The molecule has 2 aromatic heterocycles. The maximum Gasteiger partial charge on any atom is 0.194 e. The quantitative estimate of drug-likeness (QED) is 0.474. The van der Waals surface area contributed by atoms with Gasteiger partial charge >= 0.3 is 0 Å². The number of nitrogens with zero attached hydrogens (tertiary/aromatic N) is 4. The lowest BCUT2D eigenvalue weighted by molar-refractivity contribution is 0.921. The minimum absolute atomic E-state index is 0. The van der Waals surface area contributed by atoms with Crippen molar-refractivity contribution in [3.8, 4) is 0 Å². The predicted octanol–water partition coefficient (Wildman–Crippen LogP) is 2.04. The number of nitrogens with one attached hydrogen (secondary N) is 1. The molecule has 102 valence electrons. The van der Waals surface area contributed by atoms with E-state index in [2.05, 4.69) is 25.5 Å². The van der Waals surface area contributed by atoms with Crippen molar-refractivity contribution in [3.05, 3.63) is 34.4 Å². The van der Waals surface area contributed by atoms with Crippen LogP contribution in [0.15, 0.2) is 29.4 Å². The van der Waals surface area contributed by atoms with Gasteiger partial charge in [-0.2, -0.15) is 0 Å². The molecule has 3 N–H and O–H groups in total. The summed E-state index contributed by atoms with van der Waals surface area (Å²) in [5.41, 5.74) is 5.75. The number of aryl methyl sites for hydroxylation is 1. The number of guanidine groups is 1. The zero-order valence-corrected chi connectivity index (χ0v) is 13.6. The SMILES string of the molecule is CCc1nnc(CN=C(N)Nc2ccccn2)s1.I. The second kappa shape index (κ2) is 8.00. The lowest BCUT2D eigenvalue weighted by Gasteiger charge is -2.02. The van der Waals surface area contributed by atoms with E-state index in [-0.39, 0.29) is 24.0 Å². The lowest BCUT2D eigenvalue weighted by Crippen LogP contribution is -2.23. The number of rotatable bonds is 4. The van der Waals surface area contributed by atoms with E-state index in [9.17, 15) is 0 Å². The van der Waals surface area contributed by atoms with Crippen LogP contribution in [-0.2, 0) is 13.0 Å². The molecule has 0 saturated heterocycles. The summed E-state index contributed by atoms with van der Waals surface area (Å²) in [6.45, 7) is 2.48. The molecule has 6 nitrogen and oxygen atoms in total. The summed E-state index contributed by atoms with van der Waals surface area (Å²) in [6.07, 6.45) is 2.58. The Balaban J connectivity index is 0.00000180. The van der Waals surface area contributed by atoms with Gasteiger partial charge in [-0.15, -0.1) is 34.2 Å². The number of hydrogen-bond donors (Lipinski definition) is 2. The molecular formula is C11H15IN6S. The molecule has 0 atom stereocenters. The summed E-state index contributed by atoms with van der Waals surface area (Å²) < 4.78 is 0. The molecule has 19 heavy (non-hydrogen) atoms. The summed E-state index contributed by atoms with van der Waals surface area (Å²) in [6, 6.07) is 5.54. The van der Waals surface area contributed by atoms with Crippen molar-refractivity contribution < 1.29 is 0 Å². The monoisotopic (exact) mass is 390 g/mol. The standard InChI is InChI=1S/C11H14N6S.HI/c1-2-9-16-17-10(18-9)7-14-11(12)15-8-5-3-4-6-13-8;/h3-6H,2,7H2,1H3,(H3,12,13,14,15);1H. The number of anilines is 1. The Labute approximate surface area is 132 Å². The molecule has 2 heterocycles. The molecule has 0 aliphatic carbocycles. The van der Waals surface area contributed by atoms with E-state index < -0.39 is 0 Å². The predicted molar refractivity (Wildman–Crippen MR) is 87.9 cm³/mol. The molecule has 0 spiro atoms. The average molecular weight is 390 g/mol. The Morgan fingerprint density at radius 1 is 1.37 bits per heavy atom. The minimum atomic E-state index is 0. The summed E-state index contributed by atoms with van der Waals surface area (Å²) in [5, 5.41) is 12.8. The Kier molecular flexibility index (Phi) is 6.64. The van der Waals surface area contributed by atoms with Crippen LogP contribution in [0.3, 0.4) is 0 Å². The largest absolute Gasteiger partial charge is 0.370 e. The van der Waals surface area contributed by atoms with Crippen LogP contribution in [0.25, 0.3) is 0 Å². The van der Waals surface area contributed by atoms with Crippen molar-refractivity contribution >= 4 is 47.1 Å². The third-order valence-corrected chi connectivity index (χ3v) is 3.17. The molecule has 8 heteroatoms. The molecular weight excluding hydrogens is 375 g/mol. The zero-order valence-electron chi connectivity index (χ0n) is 10.4. The summed E-state index contributed by atoms with van der Waals surface area (Å²) >= 11 is 1.55. The first-order valence-electron chi connectivity index (χ1n) is 5.57. The number of nitrogens with two attached hydrogens (primary N) is 1. The summed E-state index contributed by atoms with van der Waals surface area (Å²) in [4.78, 5) is 8.28. The van der Waals surface area contributed by atoms with Crippen LogP contribution in [-0.4, -0.2) is 21.1 Å². The van der Waals surface area contributed by atoms with Crippen molar-refractivity contribution in [1.82, 2.24) is 15.2 Å². The summed E-state index contributed by atoms with van der Waals surface area (Å²) in [5.74, 6) is 0.993. The van der Waals surface area contributed by atoms with Crippen molar-refractivity contribution in [2.24, 2.45) is 10.7 Å². The molecule has 0 amide bonds. The van der Waals surface area contributed by atoms with Gasteiger partial charge in [-0.1, -0.05) is 24.3 Å². The fourth-order valence-electron chi connectivity index (χ4n) is 1.26. The number of halogens is 1. The molecule has 0 fully saturated rings. The first kappa shape index (κ1) is 15.8. The van der Waals surface area contributed by atoms with Gasteiger partial charge in [0.15, 0.2) is 5.96 Å². The van der Waals surface area contributed by atoms with Gasteiger partial charge in [0, 0.05) is 6.20 Å². The Morgan fingerprint density at radius 2 is 2.16 bits per heavy atom. The van der Waals surface area contributed by atoms with Crippen LogP contribution in [0.1, 0.15) is 16.9 Å². The minimum Gasteiger partial charge on any atom is -0.370 e. The normalized spacial score (nSPS) is 10.9. The first-order chi connectivity index (χ1) is 8.78. The number of aromatic nitrogens is 3. The van der Waals surface area contributed by atoms with Crippen LogP contribution in [0, 0.1) is 0 Å². The third-order valence-electron chi connectivity index (χ3n) is 2.12. The second-order valence-corrected chi connectivity index (χ2v) is 4.63. The van der Waals surface area contributed by atoms with Crippen LogP contribution >= 0.6 is 35.3 Å². The van der Waals surface area contributed by atoms with Gasteiger partial charge in [0.1, 0.15) is 15.8 Å². The van der Waals surface area contributed by atoms with Gasteiger partial charge in [0.25, 0.3) is 0 Å². The highest BCUT2D eigenvalue weighted by atomic mass is 127. The number of pyridine rings is 1. The molecule has 2 aromatic rings. The Morgan fingerprint density at radius 3 is 2.79 bits per heavy atom. The highest BCUT2D eigenvalue weighted by Crippen LogP contribution is 2.10. The Hall–Kier alpha value is -1.29. The summed E-state index contributed by atoms with van der Waals surface area (Å²) in [7, 11) is 0. The van der Waals surface area contributed by atoms with E-state index in [0.29, 0.717) is 18.3 Å². The van der Waals surface area contributed by atoms with E-state index in [1.54, 1.807) is 17.5 Å². The topological polar surface area (TPSA) is 89.1 Å².